The molecule has 2 unspecified atom stereocenters. The minimum atomic E-state index is -3.69. The van der Waals surface area contributed by atoms with Crippen LogP contribution < -0.4 is 10.5 Å². The van der Waals surface area contributed by atoms with Crippen LogP contribution in [0.2, 0.25) is 0 Å². The van der Waals surface area contributed by atoms with Crippen LogP contribution in [-0.4, -0.2) is 37.7 Å². The van der Waals surface area contributed by atoms with E-state index in [1.165, 1.54) is 11.8 Å². The van der Waals surface area contributed by atoms with Crippen LogP contribution in [0, 0.1) is 6.92 Å². The summed E-state index contributed by atoms with van der Waals surface area (Å²) in [5.41, 5.74) is 6.58. The largest absolute Gasteiger partial charge is 0.398 e. The minimum absolute atomic E-state index is 0.0892. The fraction of sp³-hybridized carbons (Fsp3) is 0.500. The van der Waals surface area contributed by atoms with Crippen molar-refractivity contribution in [2.24, 2.45) is 0 Å². The van der Waals surface area contributed by atoms with E-state index in [9.17, 15) is 13.5 Å². The zero-order chi connectivity index (χ0) is 14.6. The highest BCUT2D eigenvalue weighted by molar-refractivity contribution is 7.99. The van der Waals surface area contributed by atoms with Gasteiger partial charge in [0.25, 0.3) is 0 Å². The average Bonchev–Trinajstić information content (AvgIpc) is 2.28. The molecule has 0 spiro atoms. The number of hydrogen-bond donors (Lipinski definition) is 3. The van der Waals surface area contributed by atoms with E-state index < -0.39 is 10.0 Å². The number of thioether (sulfide) groups is 1. The van der Waals surface area contributed by atoms with Crippen molar-refractivity contribution in [1.29, 1.82) is 0 Å². The van der Waals surface area contributed by atoms with Gasteiger partial charge in [-0.3, -0.25) is 0 Å². The predicted molar refractivity (Wildman–Crippen MR) is 79.8 cm³/mol. The van der Waals surface area contributed by atoms with Crippen molar-refractivity contribution in [2.45, 2.75) is 30.0 Å². The quantitative estimate of drug-likeness (QED) is 0.681. The Labute approximate surface area is 118 Å². The summed E-state index contributed by atoms with van der Waals surface area (Å²) in [5, 5.41) is 9.00. The number of benzene rings is 1. The van der Waals surface area contributed by atoms with E-state index in [4.69, 9.17) is 5.73 Å². The van der Waals surface area contributed by atoms with E-state index in [-0.39, 0.29) is 28.5 Å². The van der Waals surface area contributed by atoms with Crippen LogP contribution in [0.4, 0.5) is 5.69 Å². The topological polar surface area (TPSA) is 92.4 Å². The summed E-state index contributed by atoms with van der Waals surface area (Å²) < 4.78 is 27.2. The van der Waals surface area contributed by atoms with E-state index in [0.717, 1.165) is 0 Å². The molecule has 108 valence electrons. The number of sulfonamides is 1. The fourth-order valence-electron chi connectivity index (χ4n) is 1.86. The van der Waals surface area contributed by atoms with Crippen LogP contribution in [0.3, 0.4) is 0 Å². The normalized spacial score (nSPS) is 15.2. The zero-order valence-electron chi connectivity index (χ0n) is 11.3. The number of hydrogen-bond acceptors (Lipinski definition) is 5. The summed E-state index contributed by atoms with van der Waals surface area (Å²) in [6.07, 6.45) is 1.83. The molecule has 0 fully saturated rings. The molecular weight excluding hydrogens is 284 g/mol. The average molecular weight is 304 g/mol. The van der Waals surface area contributed by atoms with Crippen molar-refractivity contribution in [3.05, 3.63) is 23.8 Å². The number of aliphatic hydroxyl groups excluding tert-OH is 1. The molecule has 2 atom stereocenters. The van der Waals surface area contributed by atoms with Gasteiger partial charge in [0.1, 0.15) is 4.90 Å². The Morgan fingerprint density at radius 2 is 2.11 bits per heavy atom. The molecule has 0 heterocycles. The van der Waals surface area contributed by atoms with Crippen molar-refractivity contribution < 1.29 is 13.5 Å². The molecule has 0 amide bonds. The van der Waals surface area contributed by atoms with E-state index in [1.54, 1.807) is 32.0 Å². The van der Waals surface area contributed by atoms with Gasteiger partial charge in [-0.05, 0) is 31.7 Å². The molecule has 1 rings (SSSR count). The molecule has 0 aliphatic heterocycles. The van der Waals surface area contributed by atoms with Gasteiger partial charge in [-0.1, -0.05) is 12.1 Å². The Bertz CT molecular complexity index is 508. The highest BCUT2D eigenvalue weighted by Crippen LogP contribution is 2.23. The molecule has 0 radical (unpaired) electrons. The maximum absolute atomic E-state index is 12.3. The zero-order valence-corrected chi connectivity index (χ0v) is 12.9. The van der Waals surface area contributed by atoms with Crippen LogP contribution in [0.25, 0.3) is 0 Å². The second-order valence-electron chi connectivity index (χ2n) is 4.36. The Balaban J connectivity index is 3.06. The first-order valence-electron chi connectivity index (χ1n) is 5.84. The third-order valence-electron chi connectivity index (χ3n) is 2.89. The van der Waals surface area contributed by atoms with Crippen LogP contribution in [0.1, 0.15) is 12.5 Å². The van der Waals surface area contributed by atoms with Gasteiger partial charge >= 0.3 is 0 Å². The SMILES string of the molecule is CSC(CO)C(C)NS(=O)(=O)c1c(C)cccc1N. The number of nitrogens with two attached hydrogens (primary N) is 1. The molecule has 1 aromatic rings. The first-order valence-corrected chi connectivity index (χ1v) is 8.61. The summed E-state index contributed by atoms with van der Waals surface area (Å²) in [4.78, 5) is 0.111. The van der Waals surface area contributed by atoms with Crippen molar-refractivity contribution >= 4 is 27.5 Å². The summed E-state index contributed by atoms with van der Waals surface area (Å²) in [6.45, 7) is 3.34. The van der Waals surface area contributed by atoms with Crippen molar-refractivity contribution in [3.8, 4) is 0 Å². The number of aliphatic hydroxyl groups is 1. The van der Waals surface area contributed by atoms with Gasteiger partial charge in [0.15, 0.2) is 0 Å². The molecule has 0 bridgehead atoms. The Morgan fingerprint density at radius 3 is 2.58 bits per heavy atom. The van der Waals surface area contributed by atoms with Crippen molar-refractivity contribution in [3.63, 3.8) is 0 Å². The first-order chi connectivity index (χ1) is 8.83. The molecule has 7 heteroatoms. The monoisotopic (exact) mass is 304 g/mol. The smallest absolute Gasteiger partial charge is 0.243 e. The van der Waals surface area contributed by atoms with Gasteiger partial charge in [-0.2, -0.15) is 11.8 Å². The number of nitrogens with one attached hydrogen (secondary N) is 1. The molecule has 19 heavy (non-hydrogen) atoms. The lowest BCUT2D eigenvalue weighted by Crippen LogP contribution is -2.41. The summed E-state index contributed by atoms with van der Waals surface area (Å²) >= 11 is 1.41. The van der Waals surface area contributed by atoms with Crippen LogP contribution in [0.15, 0.2) is 23.1 Å². The number of rotatable bonds is 6. The lowest BCUT2D eigenvalue weighted by atomic mass is 10.2. The second-order valence-corrected chi connectivity index (χ2v) is 7.09. The van der Waals surface area contributed by atoms with Crippen LogP contribution in [-0.2, 0) is 10.0 Å². The molecule has 0 saturated carbocycles. The summed E-state index contributed by atoms with van der Waals surface area (Å²) in [6, 6.07) is 4.59. The van der Waals surface area contributed by atoms with Gasteiger partial charge < -0.3 is 10.8 Å². The molecule has 0 aliphatic rings. The molecule has 0 aromatic heterocycles. The van der Waals surface area contributed by atoms with Gasteiger partial charge in [0, 0.05) is 11.3 Å². The third-order valence-corrected chi connectivity index (χ3v) is 5.83. The molecular formula is C12H20N2O3S2. The fourth-order valence-corrected chi connectivity index (χ4v) is 4.21. The highest BCUT2D eigenvalue weighted by atomic mass is 32.2. The van der Waals surface area contributed by atoms with Gasteiger partial charge in [-0.25, -0.2) is 13.1 Å². The highest BCUT2D eigenvalue weighted by Gasteiger charge is 2.25. The van der Waals surface area contributed by atoms with Gasteiger partial charge in [0.05, 0.1) is 12.3 Å². The van der Waals surface area contributed by atoms with E-state index in [2.05, 4.69) is 4.72 Å². The minimum Gasteiger partial charge on any atom is -0.398 e. The van der Waals surface area contributed by atoms with E-state index in [0.29, 0.717) is 5.56 Å². The second kappa shape index (κ2) is 6.60. The van der Waals surface area contributed by atoms with Crippen molar-refractivity contribution in [1.82, 2.24) is 4.72 Å². The Hall–Kier alpha value is -0.760. The first kappa shape index (κ1) is 16.3. The molecule has 0 aliphatic carbocycles. The number of aryl methyl sites for hydroxylation is 1. The lowest BCUT2D eigenvalue weighted by molar-refractivity contribution is 0.282. The number of anilines is 1. The maximum atomic E-state index is 12.3. The molecule has 1 aromatic carbocycles. The van der Waals surface area contributed by atoms with E-state index in [1.807, 2.05) is 6.26 Å². The van der Waals surface area contributed by atoms with Crippen LogP contribution >= 0.6 is 11.8 Å². The molecule has 0 saturated heterocycles. The predicted octanol–water partition coefficient (Wildman–Crippen LogP) is 0.968. The summed E-state index contributed by atoms with van der Waals surface area (Å²) in [5.74, 6) is 0. The lowest BCUT2D eigenvalue weighted by Gasteiger charge is -2.22. The van der Waals surface area contributed by atoms with Gasteiger partial charge in [0.2, 0.25) is 10.0 Å². The Morgan fingerprint density at radius 1 is 1.47 bits per heavy atom. The van der Waals surface area contributed by atoms with Crippen LogP contribution in [0.5, 0.6) is 0 Å². The molecule has 5 nitrogen and oxygen atoms in total. The third kappa shape index (κ3) is 3.85. The standard InChI is InChI=1S/C12H20N2O3S2/c1-8-5-4-6-10(13)12(8)19(16,17)14-9(2)11(7-15)18-3/h4-6,9,11,14-15H,7,13H2,1-3H3. The van der Waals surface area contributed by atoms with Crippen molar-refractivity contribution in [2.75, 3.05) is 18.6 Å². The van der Waals surface area contributed by atoms with E-state index >= 15 is 0 Å². The molecule has 4 N–H and O–H groups in total. The Kier molecular flexibility index (Phi) is 5.66. The maximum Gasteiger partial charge on any atom is 0.243 e. The summed E-state index contributed by atoms with van der Waals surface area (Å²) in [7, 11) is -3.69. The number of nitrogen functional groups attached to an aromatic ring is 1. The van der Waals surface area contributed by atoms with Gasteiger partial charge in [-0.15, -0.1) is 0 Å².